The van der Waals surface area contributed by atoms with Crippen LogP contribution in [0, 0.1) is 0 Å². The smallest absolute Gasteiger partial charge is 0.311 e. The molecule has 0 saturated heterocycles. The predicted molar refractivity (Wildman–Crippen MR) is 107 cm³/mol. The fourth-order valence-electron chi connectivity index (χ4n) is 2.67. The van der Waals surface area contributed by atoms with Gasteiger partial charge in [0.1, 0.15) is 5.75 Å². The molecule has 0 aliphatic carbocycles. The van der Waals surface area contributed by atoms with Crippen LogP contribution >= 0.6 is 0 Å². The molecule has 0 fully saturated rings. The third kappa shape index (κ3) is 4.77. The molecule has 0 unspecified atom stereocenters. The van der Waals surface area contributed by atoms with E-state index in [1.165, 1.54) is 14.7 Å². The van der Waals surface area contributed by atoms with Gasteiger partial charge in [-0.2, -0.15) is 0 Å². The molecule has 3 aromatic carbocycles. The standard InChI is InChI=1S/C23H23O2S/c1-2-3-14-23(24)25-19-15-17-22(18-16-19)26(20-10-6-4-7-11-20)21-12-8-5-9-13-21/h4-13,15-18H,2-3,14H2,1H3/q+1. The average Bonchev–Trinajstić information content (AvgIpc) is 2.70. The zero-order valence-corrected chi connectivity index (χ0v) is 15.7. The molecule has 0 amide bonds. The summed E-state index contributed by atoms with van der Waals surface area (Å²) >= 11 is 0. The number of esters is 1. The minimum Gasteiger partial charge on any atom is -0.427 e. The molecule has 0 aliphatic rings. The van der Waals surface area contributed by atoms with Crippen molar-refractivity contribution in [3.8, 4) is 5.75 Å². The van der Waals surface area contributed by atoms with Crippen LogP contribution < -0.4 is 4.74 Å². The number of benzene rings is 3. The fourth-order valence-corrected chi connectivity index (χ4v) is 4.75. The Morgan fingerprint density at radius 3 is 1.77 bits per heavy atom. The van der Waals surface area contributed by atoms with Crippen LogP contribution in [0.1, 0.15) is 26.2 Å². The number of ether oxygens (including phenoxy) is 1. The number of rotatable bonds is 7. The second-order valence-corrected chi connectivity index (χ2v) is 8.01. The average molecular weight is 364 g/mol. The van der Waals surface area contributed by atoms with Crippen LogP contribution in [0.5, 0.6) is 5.75 Å². The maximum Gasteiger partial charge on any atom is 0.311 e. The molecule has 3 rings (SSSR count). The lowest BCUT2D eigenvalue weighted by Crippen LogP contribution is -2.08. The topological polar surface area (TPSA) is 26.3 Å². The van der Waals surface area contributed by atoms with Gasteiger partial charge in [0, 0.05) is 6.42 Å². The fraction of sp³-hybridized carbons (Fsp3) is 0.174. The van der Waals surface area contributed by atoms with Crippen molar-refractivity contribution in [2.45, 2.75) is 40.9 Å². The van der Waals surface area contributed by atoms with Gasteiger partial charge in [0.15, 0.2) is 14.7 Å². The van der Waals surface area contributed by atoms with Gasteiger partial charge in [-0.05, 0) is 55.0 Å². The number of carbonyl (C=O) groups is 1. The number of unbranched alkanes of at least 4 members (excludes halogenated alkanes) is 1. The molecule has 0 bridgehead atoms. The summed E-state index contributed by atoms with van der Waals surface area (Å²) < 4.78 is 5.43. The molecular weight excluding hydrogens is 340 g/mol. The highest BCUT2D eigenvalue weighted by atomic mass is 32.2. The normalized spacial score (nSPS) is 10.7. The van der Waals surface area contributed by atoms with Crippen LogP contribution in [0.15, 0.2) is 99.6 Å². The van der Waals surface area contributed by atoms with Crippen LogP contribution in [0.3, 0.4) is 0 Å². The zero-order valence-electron chi connectivity index (χ0n) is 14.9. The first-order valence-corrected chi connectivity index (χ1v) is 10.2. The van der Waals surface area contributed by atoms with Gasteiger partial charge in [-0.15, -0.1) is 0 Å². The summed E-state index contributed by atoms with van der Waals surface area (Å²) in [5.41, 5.74) is 0. The Morgan fingerprint density at radius 2 is 1.27 bits per heavy atom. The largest absolute Gasteiger partial charge is 0.427 e. The van der Waals surface area contributed by atoms with Crippen LogP contribution in [-0.2, 0) is 15.7 Å². The van der Waals surface area contributed by atoms with E-state index in [4.69, 9.17) is 4.74 Å². The van der Waals surface area contributed by atoms with Gasteiger partial charge >= 0.3 is 5.97 Å². The van der Waals surface area contributed by atoms with Crippen LogP contribution in [-0.4, -0.2) is 5.97 Å². The first-order valence-electron chi connectivity index (χ1n) is 8.93. The summed E-state index contributed by atoms with van der Waals surface area (Å²) in [5.74, 6) is 0.448. The quantitative estimate of drug-likeness (QED) is 0.298. The first kappa shape index (κ1) is 18.3. The van der Waals surface area contributed by atoms with Crippen molar-refractivity contribution in [1.29, 1.82) is 0 Å². The molecule has 0 saturated carbocycles. The summed E-state index contributed by atoms with van der Waals surface area (Å²) in [6.45, 7) is 2.07. The summed E-state index contributed by atoms with van der Waals surface area (Å²) in [6, 6.07) is 28.9. The minimum atomic E-state index is -0.181. The molecule has 0 aliphatic heterocycles. The highest BCUT2D eigenvalue weighted by Gasteiger charge is 2.28. The van der Waals surface area contributed by atoms with Crippen molar-refractivity contribution < 1.29 is 9.53 Å². The lowest BCUT2D eigenvalue weighted by Gasteiger charge is -2.09. The van der Waals surface area contributed by atoms with Crippen molar-refractivity contribution in [1.82, 2.24) is 0 Å². The van der Waals surface area contributed by atoms with Crippen molar-refractivity contribution in [2.24, 2.45) is 0 Å². The zero-order chi connectivity index (χ0) is 18.2. The highest BCUT2D eigenvalue weighted by Crippen LogP contribution is 2.31. The van der Waals surface area contributed by atoms with Gasteiger partial charge in [-0.25, -0.2) is 0 Å². The van der Waals surface area contributed by atoms with E-state index in [9.17, 15) is 4.79 Å². The van der Waals surface area contributed by atoms with Crippen LogP contribution in [0.4, 0.5) is 0 Å². The molecule has 26 heavy (non-hydrogen) atoms. The van der Waals surface area contributed by atoms with Gasteiger partial charge in [0.2, 0.25) is 0 Å². The van der Waals surface area contributed by atoms with E-state index in [-0.39, 0.29) is 16.9 Å². The number of hydrogen-bond donors (Lipinski definition) is 0. The lowest BCUT2D eigenvalue weighted by molar-refractivity contribution is -0.134. The Labute approximate surface area is 158 Å². The van der Waals surface area contributed by atoms with Gasteiger partial charge in [0.25, 0.3) is 0 Å². The molecule has 0 radical (unpaired) electrons. The molecular formula is C23H23O2S+. The highest BCUT2D eigenvalue weighted by molar-refractivity contribution is 7.97. The summed E-state index contributed by atoms with van der Waals surface area (Å²) in [5, 5.41) is 0. The predicted octanol–water partition coefficient (Wildman–Crippen LogP) is 5.88. The Hall–Kier alpha value is -2.52. The second kappa shape index (κ2) is 9.25. The second-order valence-electron chi connectivity index (χ2n) is 5.98. The molecule has 0 heterocycles. The van der Waals surface area contributed by atoms with E-state index in [2.05, 4.69) is 67.6 Å². The van der Waals surface area contributed by atoms with E-state index in [1.54, 1.807) is 0 Å². The minimum absolute atomic E-state index is 0.162. The Bertz CT molecular complexity index is 774. The molecule has 2 nitrogen and oxygen atoms in total. The van der Waals surface area contributed by atoms with Crippen LogP contribution in [0.25, 0.3) is 0 Å². The van der Waals surface area contributed by atoms with Gasteiger partial charge in [-0.3, -0.25) is 4.79 Å². The molecule has 0 N–H and O–H groups in total. The number of carbonyl (C=O) groups excluding carboxylic acids is 1. The summed E-state index contributed by atoms with van der Waals surface area (Å²) in [4.78, 5) is 15.6. The Kier molecular flexibility index (Phi) is 6.50. The first-order chi connectivity index (χ1) is 12.8. The van der Waals surface area contributed by atoms with E-state index in [1.807, 2.05) is 24.3 Å². The van der Waals surface area contributed by atoms with E-state index < -0.39 is 0 Å². The molecule has 3 aromatic rings. The molecule has 0 spiro atoms. The number of hydrogen-bond acceptors (Lipinski definition) is 2. The summed E-state index contributed by atoms with van der Waals surface area (Å²) in [6.07, 6.45) is 2.32. The van der Waals surface area contributed by atoms with Crippen molar-refractivity contribution >= 4 is 16.9 Å². The molecule has 3 heteroatoms. The Morgan fingerprint density at radius 1 is 0.769 bits per heavy atom. The molecule has 132 valence electrons. The van der Waals surface area contributed by atoms with Crippen molar-refractivity contribution in [3.63, 3.8) is 0 Å². The maximum absolute atomic E-state index is 11.8. The van der Waals surface area contributed by atoms with E-state index in [0.29, 0.717) is 12.2 Å². The molecule has 0 aromatic heterocycles. The Balaban J connectivity index is 1.85. The van der Waals surface area contributed by atoms with Gasteiger partial charge in [0.05, 0.1) is 10.9 Å². The van der Waals surface area contributed by atoms with E-state index in [0.717, 1.165) is 12.8 Å². The monoisotopic (exact) mass is 363 g/mol. The van der Waals surface area contributed by atoms with Gasteiger partial charge < -0.3 is 4.74 Å². The summed E-state index contributed by atoms with van der Waals surface area (Å²) in [7, 11) is -0.181. The third-order valence-corrected chi connectivity index (χ3v) is 6.21. The van der Waals surface area contributed by atoms with E-state index >= 15 is 0 Å². The lowest BCUT2D eigenvalue weighted by atomic mass is 10.2. The third-order valence-electron chi connectivity index (χ3n) is 3.98. The molecule has 0 atom stereocenters. The van der Waals surface area contributed by atoms with Crippen molar-refractivity contribution in [2.75, 3.05) is 0 Å². The van der Waals surface area contributed by atoms with Crippen molar-refractivity contribution in [3.05, 3.63) is 84.9 Å². The SMILES string of the molecule is CCCCC(=O)Oc1ccc([S+](c2ccccc2)c2ccccc2)cc1. The maximum atomic E-state index is 11.8. The van der Waals surface area contributed by atoms with Crippen LogP contribution in [0.2, 0.25) is 0 Å². The van der Waals surface area contributed by atoms with Gasteiger partial charge in [-0.1, -0.05) is 49.7 Å².